The van der Waals surface area contributed by atoms with E-state index in [4.69, 9.17) is 11.6 Å². The largest absolute Gasteiger partial charge is 0.388 e. The Morgan fingerprint density at radius 3 is 2.39 bits per heavy atom. The Balaban J connectivity index is 0.00000162. The monoisotopic (exact) mass is 262 g/mol. The van der Waals surface area contributed by atoms with Crippen molar-refractivity contribution >= 4 is 23.1 Å². The molecule has 0 amide bonds. The van der Waals surface area contributed by atoms with E-state index in [0.717, 1.165) is 5.69 Å². The smallest absolute Gasteiger partial charge is 0.195 e. The molecule has 4 N–H and O–H groups in total. The van der Waals surface area contributed by atoms with Gasteiger partial charge in [-0.25, -0.2) is 0 Å². The zero-order valence-corrected chi connectivity index (χ0v) is 10.9. The molecule has 0 saturated carbocycles. The second-order valence-electron chi connectivity index (χ2n) is 3.64. The van der Waals surface area contributed by atoms with Gasteiger partial charge in [0.25, 0.3) is 0 Å². The number of halogens is 1. The summed E-state index contributed by atoms with van der Waals surface area (Å²) in [5.74, 6) is -0.0301. The molecule has 0 atom stereocenters. The van der Waals surface area contributed by atoms with Crippen LogP contribution in [0.3, 0.4) is 0 Å². The fourth-order valence-corrected chi connectivity index (χ4v) is 1.84. The molecule has 0 aliphatic rings. The number of hydrogen-bond donors (Lipinski definition) is 2. The summed E-state index contributed by atoms with van der Waals surface area (Å²) in [7, 11) is 1.78. The summed E-state index contributed by atoms with van der Waals surface area (Å²) in [5.41, 5.74) is 2.03. The Morgan fingerprint density at radius 1 is 1.11 bits per heavy atom. The number of carbonyl (C=O) groups excluding carboxylic acids is 1. The van der Waals surface area contributed by atoms with Gasteiger partial charge in [-0.3, -0.25) is 4.79 Å². The van der Waals surface area contributed by atoms with Crippen molar-refractivity contribution in [1.82, 2.24) is 6.15 Å². The lowest BCUT2D eigenvalue weighted by atomic mass is 10.0. The molecular formula is C14H15ClN2O. The van der Waals surface area contributed by atoms with Crippen LogP contribution in [-0.2, 0) is 0 Å². The van der Waals surface area contributed by atoms with Crippen LogP contribution in [0.25, 0.3) is 0 Å². The average molecular weight is 263 g/mol. The van der Waals surface area contributed by atoms with Gasteiger partial charge in [0.05, 0.1) is 0 Å². The normalized spacial score (nSPS) is 9.44. The lowest BCUT2D eigenvalue weighted by Gasteiger charge is -2.08. The fraction of sp³-hybridized carbons (Fsp3) is 0.0714. The molecule has 0 saturated heterocycles. The van der Waals surface area contributed by atoms with Crippen molar-refractivity contribution in [2.24, 2.45) is 0 Å². The molecule has 0 unspecified atom stereocenters. The molecule has 0 heterocycles. The molecule has 0 aromatic heterocycles. The van der Waals surface area contributed by atoms with Gasteiger partial charge in [-0.15, -0.1) is 0 Å². The van der Waals surface area contributed by atoms with Crippen molar-refractivity contribution in [2.45, 2.75) is 0 Å². The minimum absolute atomic E-state index is 0. The molecule has 94 valence electrons. The van der Waals surface area contributed by atoms with Crippen LogP contribution in [0.1, 0.15) is 15.9 Å². The molecule has 0 radical (unpaired) electrons. The van der Waals surface area contributed by atoms with E-state index in [0.29, 0.717) is 16.1 Å². The number of nitrogens with one attached hydrogen (secondary N) is 1. The number of hydrogen-bond acceptors (Lipinski definition) is 3. The summed E-state index contributed by atoms with van der Waals surface area (Å²) in [6, 6.07) is 14.4. The van der Waals surface area contributed by atoms with Crippen molar-refractivity contribution < 1.29 is 4.79 Å². The van der Waals surface area contributed by atoms with E-state index in [1.165, 1.54) is 0 Å². The lowest BCUT2D eigenvalue weighted by molar-refractivity contribution is 0.103. The van der Waals surface area contributed by atoms with Gasteiger partial charge in [0.2, 0.25) is 0 Å². The molecule has 0 fully saturated rings. The minimum atomic E-state index is -0.0301. The third kappa shape index (κ3) is 2.88. The predicted octanol–water partition coefficient (Wildman–Crippen LogP) is 3.77. The first-order valence-corrected chi connectivity index (χ1v) is 5.67. The number of anilines is 1. The van der Waals surface area contributed by atoms with Gasteiger partial charge in [-0.05, 0) is 18.2 Å². The summed E-state index contributed by atoms with van der Waals surface area (Å²) in [4.78, 5) is 12.3. The van der Waals surface area contributed by atoms with Crippen molar-refractivity contribution in [3.8, 4) is 0 Å². The second-order valence-corrected chi connectivity index (χ2v) is 4.07. The van der Waals surface area contributed by atoms with E-state index in [2.05, 4.69) is 5.32 Å². The maximum atomic E-state index is 12.3. The molecule has 4 heteroatoms. The SMILES string of the molecule is CNc1ccc(Cl)cc1C(=O)c1ccccc1.N. The van der Waals surface area contributed by atoms with E-state index >= 15 is 0 Å². The highest BCUT2D eigenvalue weighted by Gasteiger charge is 2.13. The maximum absolute atomic E-state index is 12.3. The molecule has 0 bridgehead atoms. The Morgan fingerprint density at radius 2 is 1.78 bits per heavy atom. The molecule has 2 rings (SSSR count). The standard InChI is InChI=1S/C14H12ClNO.H3N/c1-16-13-8-7-11(15)9-12(13)14(17)10-5-3-2-4-6-10;/h2-9,16H,1H3;1H3. The molecule has 0 aliphatic heterocycles. The molecule has 3 nitrogen and oxygen atoms in total. The molecular weight excluding hydrogens is 248 g/mol. The Labute approximate surface area is 111 Å². The van der Waals surface area contributed by atoms with E-state index in [1.807, 2.05) is 18.2 Å². The van der Waals surface area contributed by atoms with Crippen LogP contribution in [0.5, 0.6) is 0 Å². The van der Waals surface area contributed by atoms with Gasteiger partial charge in [-0.1, -0.05) is 41.9 Å². The molecule has 18 heavy (non-hydrogen) atoms. The molecule has 0 aliphatic carbocycles. The van der Waals surface area contributed by atoms with Crippen molar-refractivity contribution in [1.29, 1.82) is 0 Å². The van der Waals surface area contributed by atoms with E-state index < -0.39 is 0 Å². The number of rotatable bonds is 3. The Hall–Kier alpha value is -1.84. The van der Waals surface area contributed by atoms with E-state index in [-0.39, 0.29) is 11.9 Å². The van der Waals surface area contributed by atoms with Gasteiger partial charge in [-0.2, -0.15) is 0 Å². The van der Waals surface area contributed by atoms with Crippen molar-refractivity contribution in [3.05, 3.63) is 64.7 Å². The third-order valence-corrected chi connectivity index (χ3v) is 2.77. The zero-order valence-electron chi connectivity index (χ0n) is 10.1. The van der Waals surface area contributed by atoms with Crippen LogP contribution in [-0.4, -0.2) is 12.8 Å². The zero-order chi connectivity index (χ0) is 12.3. The maximum Gasteiger partial charge on any atom is 0.195 e. The first-order valence-electron chi connectivity index (χ1n) is 5.29. The molecule has 0 spiro atoms. The van der Waals surface area contributed by atoms with Crippen molar-refractivity contribution in [3.63, 3.8) is 0 Å². The van der Waals surface area contributed by atoms with Crippen LogP contribution in [0.2, 0.25) is 5.02 Å². The van der Waals surface area contributed by atoms with Gasteiger partial charge in [0.1, 0.15) is 0 Å². The average Bonchev–Trinajstić information content (AvgIpc) is 2.39. The Bertz CT molecular complexity index is 541. The highest BCUT2D eigenvalue weighted by molar-refractivity contribution is 6.31. The van der Waals surface area contributed by atoms with Crippen molar-refractivity contribution in [2.75, 3.05) is 12.4 Å². The quantitative estimate of drug-likeness (QED) is 0.828. The summed E-state index contributed by atoms with van der Waals surface area (Å²) in [5, 5.41) is 3.55. The van der Waals surface area contributed by atoms with Gasteiger partial charge in [0.15, 0.2) is 5.78 Å². The van der Waals surface area contributed by atoms with Crippen LogP contribution in [0.4, 0.5) is 5.69 Å². The van der Waals surface area contributed by atoms with E-state index in [1.54, 1.807) is 37.4 Å². The third-order valence-electron chi connectivity index (χ3n) is 2.53. The van der Waals surface area contributed by atoms with Gasteiger partial charge >= 0.3 is 0 Å². The lowest BCUT2D eigenvalue weighted by Crippen LogP contribution is -2.05. The fourth-order valence-electron chi connectivity index (χ4n) is 1.67. The number of carbonyl (C=O) groups is 1. The summed E-state index contributed by atoms with van der Waals surface area (Å²) < 4.78 is 0. The number of benzene rings is 2. The van der Waals surface area contributed by atoms with Crippen LogP contribution < -0.4 is 11.5 Å². The topological polar surface area (TPSA) is 64.1 Å². The van der Waals surface area contributed by atoms with Crippen LogP contribution >= 0.6 is 11.6 Å². The summed E-state index contributed by atoms with van der Waals surface area (Å²) in [6.45, 7) is 0. The van der Waals surface area contributed by atoms with Crippen LogP contribution in [0, 0.1) is 0 Å². The Kier molecular flexibility index (Phi) is 4.89. The molecule has 2 aromatic carbocycles. The predicted molar refractivity (Wildman–Crippen MR) is 75.9 cm³/mol. The first kappa shape index (κ1) is 14.2. The van der Waals surface area contributed by atoms with Crippen LogP contribution in [0.15, 0.2) is 48.5 Å². The summed E-state index contributed by atoms with van der Waals surface area (Å²) in [6.07, 6.45) is 0. The number of ketones is 1. The summed E-state index contributed by atoms with van der Waals surface area (Å²) >= 11 is 5.93. The minimum Gasteiger partial charge on any atom is -0.388 e. The molecule has 2 aromatic rings. The van der Waals surface area contributed by atoms with Gasteiger partial charge in [0, 0.05) is 28.9 Å². The highest BCUT2D eigenvalue weighted by atomic mass is 35.5. The van der Waals surface area contributed by atoms with Gasteiger partial charge < -0.3 is 11.5 Å². The van der Waals surface area contributed by atoms with E-state index in [9.17, 15) is 4.79 Å². The second kappa shape index (κ2) is 6.19. The highest BCUT2D eigenvalue weighted by Crippen LogP contribution is 2.23. The first-order chi connectivity index (χ1) is 8.22.